The van der Waals surface area contributed by atoms with Crippen LogP contribution in [0, 0.1) is 0 Å². The van der Waals surface area contributed by atoms with Crippen LogP contribution in [0.2, 0.25) is 0 Å². The zero-order valence-electron chi connectivity index (χ0n) is 4.13. The quantitative estimate of drug-likeness (QED) is 0.388. The van der Waals surface area contributed by atoms with E-state index in [1.165, 1.54) is 13.8 Å². The Labute approximate surface area is 52.2 Å². The van der Waals surface area contributed by atoms with Gasteiger partial charge < -0.3 is 0 Å². The maximum atomic E-state index is 9.79. The number of hydrogen-bond acceptors (Lipinski definition) is 2. The summed E-state index contributed by atoms with van der Waals surface area (Å²) in [6.45, 7) is 2.50. The fourth-order valence-electron chi connectivity index (χ4n) is 0. The molecule has 0 radical (unpaired) electrons. The van der Waals surface area contributed by atoms with Crippen LogP contribution in [0.15, 0.2) is 0 Å². The second kappa shape index (κ2) is 4.00. The van der Waals surface area contributed by atoms with Gasteiger partial charge in [-0.05, 0) is 0 Å². The summed E-state index contributed by atoms with van der Waals surface area (Å²) in [6.07, 6.45) is 0. The van der Waals surface area contributed by atoms with Gasteiger partial charge in [-0.15, -0.1) is 0 Å². The summed E-state index contributed by atoms with van der Waals surface area (Å²) in [4.78, 5) is 19.6. The summed E-state index contributed by atoms with van der Waals surface area (Å²) < 4.78 is 0. The van der Waals surface area contributed by atoms with Gasteiger partial charge in [0.1, 0.15) is 0 Å². The van der Waals surface area contributed by atoms with Crippen LogP contribution in [0.25, 0.3) is 0 Å². The molecule has 0 aliphatic heterocycles. The van der Waals surface area contributed by atoms with Crippen LogP contribution in [0.5, 0.6) is 0 Å². The van der Waals surface area contributed by atoms with Gasteiger partial charge in [0, 0.05) is 30.3 Å². The predicted octanol–water partition coefficient (Wildman–Crippen LogP) is 0.162. The molecule has 44 valence electrons. The van der Waals surface area contributed by atoms with E-state index in [0.29, 0.717) is 0 Å². The molecule has 7 heavy (non-hydrogen) atoms. The van der Waals surface area contributed by atoms with E-state index in [1.54, 1.807) is 0 Å². The molecular weight excluding hydrogens is 139 g/mol. The van der Waals surface area contributed by atoms with Gasteiger partial charge in [-0.2, -0.15) is 0 Å². The second-order valence-corrected chi connectivity index (χ2v) is 1.11. The van der Waals surface area contributed by atoms with Crippen LogP contribution in [-0.2, 0) is 26.1 Å². The van der Waals surface area contributed by atoms with Gasteiger partial charge in [-0.25, -0.2) is 0 Å². The van der Waals surface area contributed by atoms with Crippen LogP contribution in [-0.4, -0.2) is 11.6 Å². The van der Waals surface area contributed by atoms with E-state index in [2.05, 4.69) is 0 Å². The van der Waals surface area contributed by atoms with E-state index in [0.717, 1.165) is 0 Å². The number of carbonyl (C=O) groups is 2. The van der Waals surface area contributed by atoms with Crippen molar-refractivity contribution in [3.05, 3.63) is 0 Å². The fourth-order valence-corrected chi connectivity index (χ4v) is 0. The van der Waals surface area contributed by atoms with Crippen LogP contribution in [0.3, 0.4) is 0 Å². The molecule has 0 aromatic carbocycles. The monoisotopic (exact) mass is 144 g/mol. The zero-order chi connectivity index (χ0) is 5.15. The van der Waals surface area contributed by atoms with Gasteiger partial charge in [-0.1, -0.05) is 0 Å². The number of hydrogen-bond donors (Lipinski definition) is 0. The minimum atomic E-state index is -0.380. The largest absolute Gasteiger partial charge is 0.291 e. The number of Topliss-reactive ketones (excluding diaryl/α,β-unsaturated/α-hetero) is 2. The van der Waals surface area contributed by atoms with Crippen molar-refractivity contribution in [3.63, 3.8) is 0 Å². The van der Waals surface area contributed by atoms with Crippen molar-refractivity contribution < 1.29 is 26.1 Å². The third kappa shape index (κ3) is 5.83. The molecule has 0 aromatic rings. The first-order chi connectivity index (χ1) is 2.64. The minimum absolute atomic E-state index is 0. The maximum Gasteiger partial charge on any atom is 0.195 e. The molecule has 0 aliphatic rings. The summed E-state index contributed by atoms with van der Waals surface area (Å²) in [5.74, 6) is -0.759. The Bertz CT molecular complexity index is 75.7. The molecule has 0 aliphatic carbocycles. The third-order valence-corrected chi connectivity index (χ3v) is 0.496. The first-order valence-electron chi connectivity index (χ1n) is 1.66. The molecule has 2 nitrogen and oxygen atoms in total. The second-order valence-electron chi connectivity index (χ2n) is 1.11. The first kappa shape index (κ1) is 9.95. The Morgan fingerprint density at radius 2 is 1.14 bits per heavy atom. The van der Waals surface area contributed by atoms with E-state index in [9.17, 15) is 9.59 Å². The number of carbonyl (C=O) groups excluding carboxylic acids is 2. The summed E-state index contributed by atoms with van der Waals surface area (Å²) in [5, 5.41) is 0. The maximum absolute atomic E-state index is 9.79. The summed E-state index contributed by atoms with van der Waals surface area (Å²) in [7, 11) is 0. The zero-order valence-corrected chi connectivity index (χ0v) is 5.12. The van der Waals surface area contributed by atoms with Crippen LogP contribution >= 0.6 is 0 Å². The average Bonchev–Trinajstić information content (AvgIpc) is 1.36. The van der Waals surface area contributed by atoms with E-state index >= 15 is 0 Å². The molecule has 0 spiro atoms. The standard InChI is InChI=1S/C4H6O2.Ni/c1-3(5)4(2)6;/h1-2H3;. The van der Waals surface area contributed by atoms with Crippen molar-refractivity contribution in [2.75, 3.05) is 0 Å². The minimum Gasteiger partial charge on any atom is -0.291 e. The Kier molecular flexibility index (Phi) is 5.69. The molecule has 0 unspecified atom stereocenters. The summed E-state index contributed by atoms with van der Waals surface area (Å²) in [6, 6.07) is 0. The van der Waals surface area contributed by atoms with Gasteiger partial charge in [0.2, 0.25) is 0 Å². The Hall–Kier alpha value is -0.166. The topological polar surface area (TPSA) is 34.1 Å². The van der Waals surface area contributed by atoms with Crippen molar-refractivity contribution in [3.8, 4) is 0 Å². The SMILES string of the molecule is CC(=O)C(C)=O.[Ni]. The van der Waals surface area contributed by atoms with Gasteiger partial charge in [0.05, 0.1) is 0 Å². The van der Waals surface area contributed by atoms with Gasteiger partial charge in [0.25, 0.3) is 0 Å². The predicted molar refractivity (Wildman–Crippen MR) is 21.4 cm³/mol. The van der Waals surface area contributed by atoms with Crippen molar-refractivity contribution in [2.45, 2.75) is 13.8 Å². The molecule has 0 amide bonds. The van der Waals surface area contributed by atoms with Crippen LogP contribution < -0.4 is 0 Å². The normalized spacial score (nSPS) is 6.57. The molecule has 0 N–H and O–H groups in total. The molecule has 3 heteroatoms. The van der Waals surface area contributed by atoms with E-state index < -0.39 is 0 Å². The smallest absolute Gasteiger partial charge is 0.195 e. The summed E-state index contributed by atoms with van der Waals surface area (Å²) >= 11 is 0. The molecule has 0 rings (SSSR count). The Balaban J connectivity index is 0. The van der Waals surface area contributed by atoms with Crippen molar-refractivity contribution in [1.82, 2.24) is 0 Å². The van der Waals surface area contributed by atoms with E-state index in [-0.39, 0.29) is 28.1 Å². The van der Waals surface area contributed by atoms with Crippen molar-refractivity contribution >= 4 is 11.6 Å². The molecule has 0 heterocycles. The van der Waals surface area contributed by atoms with E-state index in [1.807, 2.05) is 0 Å². The molecule has 0 fully saturated rings. The molecule has 0 atom stereocenters. The molecular formula is C4H6NiO2. The summed E-state index contributed by atoms with van der Waals surface area (Å²) in [5.41, 5.74) is 0. The number of rotatable bonds is 1. The van der Waals surface area contributed by atoms with Gasteiger partial charge >= 0.3 is 0 Å². The molecule has 0 bridgehead atoms. The molecule has 0 saturated carbocycles. The molecule has 0 saturated heterocycles. The number of ketones is 2. The average molecular weight is 145 g/mol. The van der Waals surface area contributed by atoms with Crippen molar-refractivity contribution in [1.29, 1.82) is 0 Å². The Morgan fingerprint density at radius 1 is 1.00 bits per heavy atom. The van der Waals surface area contributed by atoms with Crippen molar-refractivity contribution in [2.24, 2.45) is 0 Å². The van der Waals surface area contributed by atoms with Gasteiger partial charge in [0.15, 0.2) is 11.6 Å². The fraction of sp³-hybridized carbons (Fsp3) is 0.500. The first-order valence-corrected chi connectivity index (χ1v) is 1.66. The Morgan fingerprint density at radius 3 is 1.14 bits per heavy atom. The molecule has 0 aromatic heterocycles. The van der Waals surface area contributed by atoms with Crippen LogP contribution in [0.1, 0.15) is 13.8 Å². The van der Waals surface area contributed by atoms with Gasteiger partial charge in [-0.3, -0.25) is 9.59 Å². The third-order valence-electron chi connectivity index (χ3n) is 0.496. The van der Waals surface area contributed by atoms with Crippen LogP contribution in [0.4, 0.5) is 0 Å². The van der Waals surface area contributed by atoms with E-state index in [4.69, 9.17) is 0 Å².